The molecule has 1 heteroatoms. The zero-order chi connectivity index (χ0) is 12.1. The van der Waals surface area contributed by atoms with Crippen LogP contribution in [0.25, 0.3) is 0 Å². The summed E-state index contributed by atoms with van der Waals surface area (Å²) in [6.07, 6.45) is 4.23. The highest BCUT2D eigenvalue weighted by atomic mass is 14.9. The lowest BCUT2D eigenvalue weighted by atomic mass is 9.98. The minimum absolute atomic E-state index is 0.892. The Hall–Kier alpha value is -0.820. The number of hydrogen-bond acceptors (Lipinski definition) is 1. The third-order valence-electron chi connectivity index (χ3n) is 4.30. The summed E-state index contributed by atoms with van der Waals surface area (Å²) in [6, 6.07) is 10.7. The predicted octanol–water partition coefficient (Wildman–Crippen LogP) is 3.85. The van der Waals surface area contributed by atoms with Gasteiger partial charge in [-0.05, 0) is 42.7 Å². The smallest absolute Gasteiger partial charge is 0.0205 e. The van der Waals surface area contributed by atoms with E-state index in [0.29, 0.717) is 0 Å². The Morgan fingerprint density at radius 2 is 1.94 bits per heavy atom. The Labute approximate surface area is 106 Å². The molecule has 0 saturated heterocycles. The highest BCUT2D eigenvalue weighted by molar-refractivity contribution is 5.14. The van der Waals surface area contributed by atoms with E-state index in [4.69, 9.17) is 0 Å². The van der Waals surface area contributed by atoms with Gasteiger partial charge in [0.15, 0.2) is 0 Å². The molecular formula is C16H25N. The molecule has 1 nitrogen and oxygen atoms in total. The first-order valence-electron chi connectivity index (χ1n) is 7.04. The first-order valence-corrected chi connectivity index (χ1v) is 7.04. The van der Waals surface area contributed by atoms with Crippen molar-refractivity contribution in [1.29, 1.82) is 0 Å². The minimum Gasteiger partial charge on any atom is -0.312 e. The van der Waals surface area contributed by atoms with E-state index in [1.165, 1.54) is 31.4 Å². The summed E-state index contributed by atoms with van der Waals surface area (Å²) in [5.74, 6) is 2.78. The molecule has 0 bridgehead atoms. The van der Waals surface area contributed by atoms with Crippen LogP contribution >= 0.6 is 0 Å². The first-order chi connectivity index (χ1) is 8.29. The molecule has 17 heavy (non-hydrogen) atoms. The number of nitrogens with one attached hydrogen (secondary N) is 1. The molecule has 1 aliphatic rings. The van der Waals surface area contributed by atoms with Crippen molar-refractivity contribution in [3.05, 3.63) is 35.9 Å². The molecule has 0 aromatic heterocycles. The number of rotatable bonds is 5. The van der Waals surface area contributed by atoms with Gasteiger partial charge in [-0.15, -0.1) is 0 Å². The monoisotopic (exact) mass is 231 g/mol. The van der Waals surface area contributed by atoms with E-state index < -0.39 is 0 Å². The highest BCUT2D eigenvalue weighted by Gasteiger charge is 2.29. The van der Waals surface area contributed by atoms with Crippen molar-refractivity contribution in [2.45, 2.75) is 39.7 Å². The summed E-state index contributed by atoms with van der Waals surface area (Å²) in [6.45, 7) is 6.95. The lowest BCUT2D eigenvalue weighted by Gasteiger charge is -2.15. The average molecular weight is 231 g/mol. The maximum Gasteiger partial charge on any atom is 0.0205 e. The second kappa shape index (κ2) is 6.20. The summed E-state index contributed by atoms with van der Waals surface area (Å²) >= 11 is 0. The summed E-state index contributed by atoms with van der Waals surface area (Å²) in [7, 11) is 0. The molecule has 1 aromatic rings. The maximum absolute atomic E-state index is 3.62. The molecule has 0 radical (unpaired) electrons. The Kier molecular flexibility index (Phi) is 4.61. The molecule has 0 heterocycles. The molecule has 1 saturated carbocycles. The van der Waals surface area contributed by atoms with Gasteiger partial charge in [0.25, 0.3) is 0 Å². The fraction of sp³-hybridized carbons (Fsp3) is 0.625. The SMILES string of the molecule is CCC1CC(C)C(CNCc2ccccc2)C1. The van der Waals surface area contributed by atoms with Crippen molar-refractivity contribution in [2.24, 2.45) is 17.8 Å². The molecule has 1 aliphatic carbocycles. The number of hydrogen-bond donors (Lipinski definition) is 1. The molecule has 0 spiro atoms. The zero-order valence-corrected chi connectivity index (χ0v) is 11.2. The summed E-state index contributed by atoms with van der Waals surface area (Å²) < 4.78 is 0. The van der Waals surface area contributed by atoms with Crippen LogP contribution in [0.15, 0.2) is 30.3 Å². The van der Waals surface area contributed by atoms with Crippen molar-refractivity contribution in [3.8, 4) is 0 Å². The maximum atomic E-state index is 3.62. The fourth-order valence-electron chi connectivity index (χ4n) is 3.09. The second-order valence-corrected chi connectivity index (χ2v) is 5.60. The van der Waals surface area contributed by atoms with Gasteiger partial charge in [0.1, 0.15) is 0 Å². The molecular weight excluding hydrogens is 206 g/mol. The first kappa shape index (κ1) is 12.6. The Morgan fingerprint density at radius 1 is 1.18 bits per heavy atom. The molecule has 1 N–H and O–H groups in total. The fourth-order valence-corrected chi connectivity index (χ4v) is 3.09. The van der Waals surface area contributed by atoms with Gasteiger partial charge in [-0.3, -0.25) is 0 Å². The highest BCUT2D eigenvalue weighted by Crippen LogP contribution is 2.37. The van der Waals surface area contributed by atoms with E-state index in [-0.39, 0.29) is 0 Å². The predicted molar refractivity (Wildman–Crippen MR) is 73.8 cm³/mol. The Morgan fingerprint density at radius 3 is 2.59 bits per heavy atom. The van der Waals surface area contributed by atoms with Crippen LogP contribution in [-0.4, -0.2) is 6.54 Å². The van der Waals surface area contributed by atoms with Crippen molar-refractivity contribution < 1.29 is 0 Å². The van der Waals surface area contributed by atoms with Crippen LogP contribution in [0.2, 0.25) is 0 Å². The molecule has 1 aromatic carbocycles. The van der Waals surface area contributed by atoms with E-state index in [1.807, 2.05) is 0 Å². The zero-order valence-electron chi connectivity index (χ0n) is 11.2. The van der Waals surface area contributed by atoms with Crippen LogP contribution in [0, 0.1) is 17.8 Å². The van der Waals surface area contributed by atoms with Crippen molar-refractivity contribution >= 4 is 0 Å². The summed E-state index contributed by atoms with van der Waals surface area (Å²) in [4.78, 5) is 0. The van der Waals surface area contributed by atoms with Crippen LogP contribution in [0.5, 0.6) is 0 Å². The van der Waals surface area contributed by atoms with Gasteiger partial charge in [0.2, 0.25) is 0 Å². The minimum atomic E-state index is 0.892. The van der Waals surface area contributed by atoms with Crippen molar-refractivity contribution in [2.75, 3.05) is 6.54 Å². The molecule has 0 amide bonds. The largest absolute Gasteiger partial charge is 0.312 e. The molecule has 3 unspecified atom stereocenters. The van der Waals surface area contributed by atoms with Gasteiger partial charge in [-0.2, -0.15) is 0 Å². The van der Waals surface area contributed by atoms with E-state index in [0.717, 1.165) is 24.3 Å². The molecule has 2 rings (SSSR count). The van der Waals surface area contributed by atoms with Crippen LogP contribution in [-0.2, 0) is 6.54 Å². The Balaban J connectivity index is 1.72. The molecule has 1 fully saturated rings. The topological polar surface area (TPSA) is 12.0 Å². The van der Waals surface area contributed by atoms with E-state index in [1.54, 1.807) is 0 Å². The lowest BCUT2D eigenvalue weighted by molar-refractivity contribution is 0.390. The van der Waals surface area contributed by atoms with Crippen LogP contribution in [0.4, 0.5) is 0 Å². The quantitative estimate of drug-likeness (QED) is 0.811. The molecule has 94 valence electrons. The Bertz CT molecular complexity index is 320. The normalized spacial score (nSPS) is 28.5. The second-order valence-electron chi connectivity index (χ2n) is 5.60. The van der Waals surface area contributed by atoms with Crippen LogP contribution < -0.4 is 5.32 Å². The van der Waals surface area contributed by atoms with E-state index in [9.17, 15) is 0 Å². The average Bonchev–Trinajstić information content (AvgIpc) is 2.72. The summed E-state index contributed by atoms with van der Waals surface area (Å²) in [5.41, 5.74) is 1.39. The van der Waals surface area contributed by atoms with Gasteiger partial charge >= 0.3 is 0 Å². The van der Waals surface area contributed by atoms with Crippen LogP contribution in [0.3, 0.4) is 0 Å². The molecule has 3 atom stereocenters. The van der Waals surface area contributed by atoms with Crippen LogP contribution in [0.1, 0.15) is 38.7 Å². The van der Waals surface area contributed by atoms with Gasteiger partial charge in [-0.1, -0.05) is 50.6 Å². The van der Waals surface area contributed by atoms with Gasteiger partial charge < -0.3 is 5.32 Å². The number of benzene rings is 1. The molecule has 0 aliphatic heterocycles. The van der Waals surface area contributed by atoms with Crippen molar-refractivity contribution in [3.63, 3.8) is 0 Å². The van der Waals surface area contributed by atoms with Gasteiger partial charge in [0, 0.05) is 6.54 Å². The lowest BCUT2D eigenvalue weighted by Crippen LogP contribution is -2.24. The van der Waals surface area contributed by atoms with Gasteiger partial charge in [0.05, 0.1) is 0 Å². The van der Waals surface area contributed by atoms with Gasteiger partial charge in [-0.25, -0.2) is 0 Å². The van der Waals surface area contributed by atoms with E-state index in [2.05, 4.69) is 49.5 Å². The standard InChI is InChI=1S/C16H25N/c1-3-14-9-13(2)16(10-14)12-17-11-15-7-5-4-6-8-15/h4-8,13-14,16-17H,3,9-12H2,1-2H3. The summed E-state index contributed by atoms with van der Waals surface area (Å²) in [5, 5.41) is 3.62. The van der Waals surface area contributed by atoms with E-state index >= 15 is 0 Å². The third kappa shape index (κ3) is 3.57. The third-order valence-corrected chi connectivity index (χ3v) is 4.30. The van der Waals surface area contributed by atoms with Crippen molar-refractivity contribution in [1.82, 2.24) is 5.32 Å².